The second-order valence-corrected chi connectivity index (χ2v) is 10.9. The first-order valence-corrected chi connectivity index (χ1v) is 13.6. The van der Waals surface area contributed by atoms with Gasteiger partial charge in [-0.1, -0.05) is 0 Å². The number of ketones is 1. The number of fused-ring (bicyclic) bond motifs is 1. The molecule has 1 fully saturated rings. The highest BCUT2D eigenvalue weighted by molar-refractivity contribution is 8.20. The van der Waals surface area contributed by atoms with Crippen LogP contribution >= 0.6 is 22.2 Å². The lowest BCUT2D eigenvalue weighted by Crippen LogP contribution is -2.28. The van der Waals surface area contributed by atoms with Crippen molar-refractivity contribution in [3.05, 3.63) is 85.9 Å². The molecule has 0 spiro atoms. The minimum absolute atomic E-state index is 0.0410. The molecule has 1 amide bonds. The molecule has 178 valence electrons. The number of aliphatic imine (C=N–C) groups is 1. The summed E-state index contributed by atoms with van der Waals surface area (Å²) >= 11 is 1.36. The number of hydrogen-bond acceptors (Lipinski definition) is 7. The summed E-state index contributed by atoms with van der Waals surface area (Å²) in [7, 11) is -0.271. The molecule has 2 aliphatic heterocycles. The monoisotopic (exact) mass is 504 g/mol. The fourth-order valence-corrected chi connectivity index (χ4v) is 6.97. The van der Waals surface area contributed by atoms with Gasteiger partial charge in [0.2, 0.25) is 0 Å². The molecule has 0 radical (unpaired) electrons. The predicted molar refractivity (Wildman–Crippen MR) is 142 cm³/mol. The fraction of sp³-hybridized carbons (Fsp3) is 0.192. The summed E-state index contributed by atoms with van der Waals surface area (Å²) in [6, 6.07) is 13.0. The van der Waals surface area contributed by atoms with E-state index in [1.54, 1.807) is 35.6 Å². The highest BCUT2D eigenvalue weighted by atomic mass is 32.2. The summed E-state index contributed by atoms with van der Waals surface area (Å²) in [5.74, 6) is 0.509. The van der Waals surface area contributed by atoms with Gasteiger partial charge in [-0.05, 0) is 80.4 Å². The van der Waals surface area contributed by atoms with Crippen molar-refractivity contribution in [2.75, 3.05) is 18.1 Å². The molecule has 5 rings (SSSR count). The number of allylic oxidation sites excluding steroid dienone is 1. The standard InChI is InChI=1S/C26H24N4O3S2/c1-4-27-19-10-9-17(16(2)31)13-20(19)29-26-30(15-18-7-6-12-33-18)25(32)24(34-26)23-14-21-22(35(23)3)8-5-11-28-21/h5-14,27H,4,15H2,1-3H3. The topological polar surface area (TPSA) is 87.8 Å². The largest absolute Gasteiger partial charge is 0.467 e. The van der Waals surface area contributed by atoms with E-state index in [0.29, 0.717) is 33.6 Å². The number of aromatic nitrogens is 1. The van der Waals surface area contributed by atoms with Crippen molar-refractivity contribution >= 4 is 56.6 Å². The minimum Gasteiger partial charge on any atom is -0.467 e. The number of amidine groups is 1. The van der Waals surface area contributed by atoms with Gasteiger partial charge >= 0.3 is 0 Å². The molecule has 0 aliphatic carbocycles. The van der Waals surface area contributed by atoms with Crippen LogP contribution in [0.5, 0.6) is 0 Å². The van der Waals surface area contributed by atoms with Crippen molar-refractivity contribution in [2.45, 2.75) is 20.4 Å². The molecule has 1 atom stereocenters. The number of anilines is 1. The fourth-order valence-electron chi connectivity index (χ4n) is 3.93. The van der Waals surface area contributed by atoms with Crippen LogP contribution in [0.1, 0.15) is 30.0 Å². The number of carbonyl (C=O) groups is 2. The molecular weight excluding hydrogens is 480 g/mol. The molecule has 1 unspecified atom stereocenters. The summed E-state index contributed by atoms with van der Waals surface area (Å²) in [5.41, 5.74) is 1.98. The van der Waals surface area contributed by atoms with Crippen molar-refractivity contribution in [1.82, 2.24) is 9.88 Å². The zero-order valence-corrected chi connectivity index (χ0v) is 21.2. The van der Waals surface area contributed by atoms with E-state index < -0.39 is 0 Å². The molecule has 1 aromatic carbocycles. The van der Waals surface area contributed by atoms with E-state index in [0.717, 1.165) is 20.5 Å². The van der Waals surface area contributed by atoms with Crippen molar-refractivity contribution in [2.24, 2.45) is 4.99 Å². The molecule has 2 aliphatic rings. The lowest BCUT2D eigenvalue weighted by Gasteiger charge is -2.15. The van der Waals surface area contributed by atoms with Crippen LogP contribution in [0.2, 0.25) is 0 Å². The van der Waals surface area contributed by atoms with Crippen LogP contribution in [-0.2, 0) is 11.3 Å². The number of carbonyl (C=O) groups excluding carboxylic acids is 2. The minimum atomic E-state index is -0.271. The van der Waals surface area contributed by atoms with Crippen LogP contribution in [-0.4, -0.2) is 39.5 Å². The number of Topliss-reactive ketones (excluding diaryl/α,β-unsaturated/α-hetero) is 1. The van der Waals surface area contributed by atoms with Gasteiger partial charge in [-0.25, -0.2) is 4.99 Å². The SMILES string of the molecule is CCNc1ccc(C(C)=O)cc1N=C1SC(=C2C=c3ncccc3=S2C)C(=O)N1Cc1ccco1. The maximum Gasteiger partial charge on any atom is 0.268 e. The highest BCUT2D eigenvalue weighted by Crippen LogP contribution is 2.43. The second-order valence-electron chi connectivity index (χ2n) is 8.02. The number of thioether (sulfide) groups is 1. The van der Waals surface area contributed by atoms with Gasteiger partial charge in [-0.2, -0.15) is 0 Å². The molecule has 0 bridgehead atoms. The number of nitrogens with one attached hydrogen (secondary N) is 1. The maximum absolute atomic E-state index is 13.7. The normalized spacial score (nSPS) is 20.3. The van der Waals surface area contributed by atoms with Gasteiger partial charge in [0.15, 0.2) is 11.0 Å². The quantitative estimate of drug-likeness (QED) is 0.291. The average Bonchev–Trinajstić information content (AvgIpc) is 3.56. The summed E-state index contributed by atoms with van der Waals surface area (Å²) in [5, 5.41) is 4.75. The number of benzene rings is 1. The molecular formula is C26H24N4O3S2. The zero-order chi connectivity index (χ0) is 24.5. The van der Waals surface area contributed by atoms with Crippen LogP contribution in [0.25, 0.3) is 6.08 Å². The lowest BCUT2D eigenvalue weighted by atomic mass is 10.1. The van der Waals surface area contributed by atoms with Gasteiger partial charge in [-0.15, -0.1) is 10.5 Å². The number of rotatable bonds is 6. The third-order valence-corrected chi connectivity index (χ3v) is 8.91. The van der Waals surface area contributed by atoms with Crippen molar-refractivity contribution < 1.29 is 14.0 Å². The van der Waals surface area contributed by atoms with Crippen LogP contribution in [0, 0.1) is 4.51 Å². The molecule has 2 aromatic heterocycles. The number of furan rings is 1. The smallest absolute Gasteiger partial charge is 0.268 e. The third kappa shape index (κ3) is 4.49. The average molecular weight is 505 g/mol. The highest BCUT2D eigenvalue weighted by Gasteiger charge is 2.37. The summed E-state index contributed by atoms with van der Waals surface area (Å²) in [6.07, 6.45) is 7.48. The Morgan fingerprint density at radius 3 is 2.83 bits per heavy atom. The van der Waals surface area contributed by atoms with E-state index in [9.17, 15) is 9.59 Å². The Hall–Kier alpha value is -3.43. The maximum atomic E-state index is 13.7. The predicted octanol–water partition coefficient (Wildman–Crippen LogP) is 4.93. The van der Waals surface area contributed by atoms with Gasteiger partial charge in [-0.3, -0.25) is 19.5 Å². The van der Waals surface area contributed by atoms with Gasteiger partial charge in [0.05, 0.1) is 34.4 Å². The van der Waals surface area contributed by atoms with Crippen LogP contribution in [0.3, 0.4) is 0 Å². The van der Waals surface area contributed by atoms with E-state index in [4.69, 9.17) is 9.41 Å². The molecule has 1 saturated heterocycles. The number of pyridine rings is 1. The van der Waals surface area contributed by atoms with Crippen molar-refractivity contribution in [3.8, 4) is 0 Å². The van der Waals surface area contributed by atoms with Crippen molar-refractivity contribution in [1.29, 1.82) is 0 Å². The van der Waals surface area contributed by atoms with Crippen LogP contribution < -0.4 is 10.7 Å². The van der Waals surface area contributed by atoms with Gasteiger partial charge in [0.25, 0.3) is 5.91 Å². The van der Waals surface area contributed by atoms with Crippen molar-refractivity contribution in [3.63, 3.8) is 0 Å². The first-order chi connectivity index (χ1) is 17.0. The number of amides is 1. The zero-order valence-electron chi connectivity index (χ0n) is 19.6. The van der Waals surface area contributed by atoms with Gasteiger partial charge in [0, 0.05) is 27.7 Å². The Balaban J connectivity index is 1.64. The first-order valence-electron chi connectivity index (χ1n) is 11.2. The Morgan fingerprint density at radius 1 is 1.26 bits per heavy atom. The Labute approximate surface area is 209 Å². The molecule has 0 saturated carbocycles. The molecule has 1 N–H and O–H groups in total. The molecule has 7 nitrogen and oxygen atoms in total. The van der Waals surface area contributed by atoms with Crippen LogP contribution in [0.15, 0.2) is 74.1 Å². The van der Waals surface area contributed by atoms with Gasteiger partial charge < -0.3 is 9.73 Å². The number of nitrogens with zero attached hydrogens (tertiary/aromatic N) is 3. The Kier molecular flexibility index (Phi) is 6.44. The second kappa shape index (κ2) is 9.67. The van der Waals surface area contributed by atoms with Gasteiger partial charge in [0.1, 0.15) is 5.76 Å². The number of hydrogen-bond donors (Lipinski definition) is 1. The van der Waals surface area contributed by atoms with E-state index in [1.165, 1.54) is 18.7 Å². The van der Waals surface area contributed by atoms with E-state index in [1.807, 2.05) is 31.2 Å². The van der Waals surface area contributed by atoms with E-state index in [2.05, 4.69) is 22.6 Å². The Morgan fingerprint density at radius 2 is 2.11 bits per heavy atom. The molecule has 3 aromatic rings. The summed E-state index contributed by atoms with van der Waals surface area (Å²) < 4.78 is 6.67. The van der Waals surface area contributed by atoms with E-state index >= 15 is 0 Å². The summed E-state index contributed by atoms with van der Waals surface area (Å²) in [6.45, 7) is 4.50. The van der Waals surface area contributed by atoms with E-state index in [-0.39, 0.29) is 28.7 Å². The Bertz CT molecular complexity index is 1520. The lowest BCUT2D eigenvalue weighted by molar-refractivity contribution is -0.122. The van der Waals surface area contributed by atoms with Crippen LogP contribution in [0.4, 0.5) is 11.4 Å². The molecule has 4 heterocycles. The molecule has 9 heteroatoms. The third-order valence-electron chi connectivity index (χ3n) is 5.70. The summed E-state index contributed by atoms with van der Waals surface area (Å²) in [4.78, 5) is 38.4. The molecule has 35 heavy (non-hydrogen) atoms. The first kappa shape index (κ1) is 23.3.